The van der Waals surface area contributed by atoms with Gasteiger partial charge in [-0.1, -0.05) is 0 Å². The Morgan fingerprint density at radius 1 is 1.13 bits per heavy atom. The average Bonchev–Trinajstić information content (AvgIpc) is 3.12. The molecule has 6 heteroatoms. The first-order valence-electron chi connectivity index (χ1n) is 11.8. The van der Waals surface area contributed by atoms with Crippen LogP contribution < -0.4 is 14.9 Å². The van der Waals surface area contributed by atoms with Gasteiger partial charge in [-0.2, -0.15) is 0 Å². The predicted molar refractivity (Wildman–Crippen MR) is 123 cm³/mol. The van der Waals surface area contributed by atoms with Crippen molar-refractivity contribution in [1.29, 1.82) is 0 Å². The third kappa shape index (κ3) is 4.19. The largest absolute Gasteiger partial charge is 0.494 e. The molecular formula is C25H33N3O2S. The van der Waals surface area contributed by atoms with E-state index in [1.165, 1.54) is 38.5 Å². The summed E-state index contributed by atoms with van der Waals surface area (Å²) in [5.74, 6) is 3.43. The van der Waals surface area contributed by atoms with E-state index in [-0.39, 0.29) is 11.4 Å². The molecule has 0 saturated heterocycles. The zero-order valence-electron chi connectivity index (χ0n) is 18.6. The van der Waals surface area contributed by atoms with Gasteiger partial charge in [0.15, 0.2) is 4.80 Å². The van der Waals surface area contributed by atoms with Crippen LogP contribution in [-0.2, 0) is 13.1 Å². The minimum atomic E-state index is -0.0588. The normalized spacial score (nSPS) is 29.4. The molecule has 1 heterocycles. The zero-order chi connectivity index (χ0) is 21.4. The van der Waals surface area contributed by atoms with Crippen molar-refractivity contribution >= 4 is 17.2 Å². The lowest BCUT2D eigenvalue weighted by Crippen LogP contribution is -2.50. The molecule has 2 aromatic rings. The number of ether oxygens (including phenoxy) is 1. The Labute approximate surface area is 188 Å². The lowest BCUT2D eigenvalue weighted by Gasteiger charge is -2.54. The number of benzene rings is 1. The number of amides is 1. The summed E-state index contributed by atoms with van der Waals surface area (Å²) in [6.45, 7) is 6.14. The Bertz CT molecular complexity index is 969. The molecule has 1 aromatic heterocycles. The second kappa shape index (κ2) is 8.45. The van der Waals surface area contributed by atoms with Crippen LogP contribution in [-0.4, -0.2) is 22.6 Å². The fourth-order valence-electron chi connectivity index (χ4n) is 6.48. The maximum Gasteiger partial charge on any atom is 0.251 e. The molecule has 4 bridgehead atoms. The molecule has 1 N–H and O–H groups in total. The molecule has 4 fully saturated rings. The minimum Gasteiger partial charge on any atom is -0.494 e. The SMILES string of the molecule is CCOc1ccc(C(=O)NCc2csc(=NC34CC5CC(CC(C5)C3)C4)n2CC)cc1. The number of hydrogen-bond acceptors (Lipinski definition) is 4. The second-order valence-corrected chi connectivity index (χ2v) is 10.5. The van der Waals surface area contributed by atoms with Crippen molar-refractivity contribution in [1.82, 2.24) is 9.88 Å². The smallest absolute Gasteiger partial charge is 0.251 e. The van der Waals surface area contributed by atoms with Crippen molar-refractivity contribution in [2.24, 2.45) is 22.7 Å². The van der Waals surface area contributed by atoms with Crippen LogP contribution in [0.15, 0.2) is 34.6 Å². The fourth-order valence-corrected chi connectivity index (χ4v) is 7.55. The van der Waals surface area contributed by atoms with Gasteiger partial charge >= 0.3 is 0 Å². The van der Waals surface area contributed by atoms with E-state index in [2.05, 4.69) is 22.2 Å². The van der Waals surface area contributed by atoms with E-state index in [4.69, 9.17) is 9.73 Å². The fraction of sp³-hybridized carbons (Fsp3) is 0.600. The van der Waals surface area contributed by atoms with Crippen molar-refractivity contribution in [3.8, 4) is 5.75 Å². The van der Waals surface area contributed by atoms with Crippen LogP contribution in [0.3, 0.4) is 0 Å². The minimum absolute atomic E-state index is 0.0588. The molecule has 6 rings (SSSR count). The van der Waals surface area contributed by atoms with Crippen LogP contribution in [0.25, 0.3) is 0 Å². The van der Waals surface area contributed by atoms with Crippen LogP contribution >= 0.6 is 11.3 Å². The third-order valence-electron chi connectivity index (χ3n) is 7.39. The van der Waals surface area contributed by atoms with Gasteiger partial charge in [0.1, 0.15) is 5.75 Å². The molecule has 31 heavy (non-hydrogen) atoms. The zero-order valence-corrected chi connectivity index (χ0v) is 19.4. The summed E-state index contributed by atoms with van der Waals surface area (Å²) in [7, 11) is 0. The van der Waals surface area contributed by atoms with Gasteiger partial charge in [-0.15, -0.1) is 11.3 Å². The van der Waals surface area contributed by atoms with Crippen LogP contribution in [0, 0.1) is 17.8 Å². The summed E-state index contributed by atoms with van der Waals surface area (Å²) in [5.41, 5.74) is 1.97. The first-order chi connectivity index (χ1) is 15.1. The summed E-state index contributed by atoms with van der Waals surface area (Å²) in [6.07, 6.45) is 8.17. The number of nitrogens with zero attached hydrogens (tertiary/aromatic N) is 2. The van der Waals surface area contributed by atoms with E-state index in [1.807, 2.05) is 31.2 Å². The highest BCUT2D eigenvalue weighted by Crippen LogP contribution is 2.57. The van der Waals surface area contributed by atoms with E-state index in [1.54, 1.807) is 11.3 Å². The molecule has 0 spiro atoms. The molecule has 5 nitrogen and oxygen atoms in total. The molecule has 1 amide bonds. The van der Waals surface area contributed by atoms with Gasteiger partial charge < -0.3 is 14.6 Å². The van der Waals surface area contributed by atoms with Gasteiger partial charge in [0.05, 0.1) is 18.7 Å². The van der Waals surface area contributed by atoms with Crippen molar-refractivity contribution < 1.29 is 9.53 Å². The summed E-state index contributed by atoms with van der Waals surface area (Å²) in [5, 5.41) is 5.25. The first kappa shape index (κ1) is 20.8. The van der Waals surface area contributed by atoms with Crippen molar-refractivity contribution in [3.05, 3.63) is 45.7 Å². The van der Waals surface area contributed by atoms with Crippen LogP contribution in [0.2, 0.25) is 0 Å². The van der Waals surface area contributed by atoms with Gasteiger partial charge in [0.25, 0.3) is 5.91 Å². The molecule has 0 radical (unpaired) electrons. The molecule has 4 aliphatic rings. The molecule has 1 aromatic carbocycles. The predicted octanol–water partition coefficient (Wildman–Crippen LogP) is 4.77. The summed E-state index contributed by atoms with van der Waals surface area (Å²) < 4.78 is 7.75. The maximum atomic E-state index is 12.6. The van der Waals surface area contributed by atoms with Gasteiger partial charge in [0, 0.05) is 23.2 Å². The monoisotopic (exact) mass is 439 g/mol. The number of carbonyl (C=O) groups excluding carboxylic acids is 1. The molecular weight excluding hydrogens is 406 g/mol. The molecule has 166 valence electrons. The van der Waals surface area contributed by atoms with E-state index in [9.17, 15) is 4.79 Å². The van der Waals surface area contributed by atoms with E-state index < -0.39 is 0 Å². The Morgan fingerprint density at radius 3 is 2.35 bits per heavy atom. The Morgan fingerprint density at radius 2 is 1.77 bits per heavy atom. The quantitative estimate of drug-likeness (QED) is 0.676. The molecule has 0 atom stereocenters. The average molecular weight is 440 g/mol. The highest BCUT2D eigenvalue weighted by molar-refractivity contribution is 7.07. The van der Waals surface area contributed by atoms with Crippen LogP contribution in [0.5, 0.6) is 5.75 Å². The number of thiazole rings is 1. The maximum absolute atomic E-state index is 12.6. The van der Waals surface area contributed by atoms with E-state index in [0.717, 1.165) is 40.5 Å². The van der Waals surface area contributed by atoms with Crippen LogP contribution in [0.4, 0.5) is 0 Å². The van der Waals surface area contributed by atoms with Gasteiger partial charge in [-0.05, 0) is 94.4 Å². The highest BCUT2D eigenvalue weighted by Gasteiger charge is 2.51. The van der Waals surface area contributed by atoms with Gasteiger partial charge in [0.2, 0.25) is 0 Å². The number of aromatic nitrogens is 1. The molecule has 4 aliphatic carbocycles. The standard InChI is InChI=1S/C25H33N3O2S/c1-3-28-21(15-26-23(29)20-5-7-22(8-6-20)30-4-2)16-31-24(28)27-25-12-17-9-18(13-25)11-19(10-17)14-25/h5-8,16-19H,3-4,9-15H2,1-2H3,(H,26,29). The second-order valence-electron chi connectivity index (χ2n) is 9.65. The van der Waals surface area contributed by atoms with Crippen LogP contribution in [0.1, 0.15) is 68.4 Å². The van der Waals surface area contributed by atoms with Crippen molar-refractivity contribution in [2.75, 3.05) is 6.61 Å². The summed E-state index contributed by atoms with van der Waals surface area (Å²) >= 11 is 1.73. The lowest BCUT2D eigenvalue weighted by molar-refractivity contribution is -0.000403. The summed E-state index contributed by atoms with van der Waals surface area (Å²) in [6, 6.07) is 7.32. The highest BCUT2D eigenvalue weighted by atomic mass is 32.1. The molecule has 0 unspecified atom stereocenters. The van der Waals surface area contributed by atoms with Gasteiger partial charge in [-0.25, -0.2) is 0 Å². The number of rotatable bonds is 7. The topological polar surface area (TPSA) is 55.6 Å². The van der Waals surface area contributed by atoms with Crippen molar-refractivity contribution in [3.63, 3.8) is 0 Å². The third-order valence-corrected chi connectivity index (χ3v) is 8.30. The van der Waals surface area contributed by atoms with Crippen molar-refractivity contribution in [2.45, 2.75) is 71.0 Å². The van der Waals surface area contributed by atoms with E-state index >= 15 is 0 Å². The molecule has 0 aliphatic heterocycles. The first-order valence-corrected chi connectivity index (χ1v) is 12.7. The van der Waals surface area contributed by atoms with Gasteiger partial charge in [-0.3, -0.25) is 9.79 Å². The molecule has 4 saturated carbocycles. The Hall–Kier alpha value is -2.08. The number of hydrogen-bond donors (Lipinski definition) is 1. The number of nitrogens with one attached hydrogen (secondary N) is 1. The number of carbonyl (C=O) groups is 1. The lowest BCUT2D eigenvalue weighted by atomic mass is 9.53. The Balaban J connectivity index is 1.30. The Kier molecular flexibility index (Phi) is 5.67. The van der Waals surface area contributed by atoms with E-state index in [0.29, 0.717) is 18.7 Å². The summed E-state index contributed by atoms with van der Waals surface area (Å²) in [4.78, 5) is 19.2.